The van der Waals surface area contributed by atoms with E-state index in [1.54, 1.807) is 13.1 Å². The molecule has 1 aromatic carbocycles. The van der Waals surface area contributed by atoms with E-state index >= 15 is 0 Å². The van der Waals surface area contributed by atoms with E-state index in [2.05, 4.69) is 10.1 Å². The van der Waals surface area contributed by atoms with Crippen molar-refractivity contribution in [2.24, 2.45) is 0 Å². The third kappa shape index (κ3) is 4.04. The zero-order valence-electron chi connectivity index (χ0n) is 18.8. The van der Waals surface area contributed by atoms with Crippen LogP contribution in [-0.4, -0.2) is 45.3 Å². The van der Waals surface area contributed by atoms with Gasteiger partial charge in [-0.1, -0.05) is 12.1 Å². The highest BCUT2D eigenvalue weighted by molar-refractivity contribution is 6.00. The fraction of sp³-hybridized carbons (Fsp3) is 0.320. The fourth-order valence-electron chi connectivity index (χ4n) is 4.44. The Morgan fingerprint density at radius 1 is 1.21 bits per heavy atom. The van der Waals surface area contributed by atoms with Crippen LogP contribution in [0.3, 0.4) is 0 Å². The zero-order valence-corrected chi connectivity index (χ0v) is 18.8. The van der Waals surface area contributed by atoms with E-state index in [4.69, 9.17) is 14.9 Å². The van der Waals surface area contributed by atoms with Gasteiger partial charge in [-0.15, -0.1) is 0 Å². The van der Waals surface area contributed by atoms with Gasteiger partial charge in [0.05, 0.1) is 18.8 Å². The maximum atomic E-state index is 11.6. The van der Waals surface area contributed by atoms with Gasteiger partial charge < -0.3 is 19.8 Å². The van der Waals surface area contributed by atoms with Gasteiger partial charge in [-0.2, -0.15) is 5.10 Å². The molecule has 0 saturated carbocycles. The van der Waals surface area contributed by atoms with Crippen molar-refractivity contribution in [3.05, 3.63) is 48.9 Å². The molecule has 0 spiro atoms. The van der Waals surface area contributed by atoms with Gasteiger partial charge in [-0.05, 0) is 38.0 Å². The van der Waals surface area contributed by atoms with Gasteiger partial charge >= 0.3 is 0 Å². The lowest BCUT2D eigenvalue weighted by molar-refractivity contribution is -0.130. The molecular formula is C25H27N5O3. The third-order valence-electron chi connectivity index (χ3n) is 6.21. The zero-order chi connectivity index (χ0) is 22.9. The lowest BCUT2D eigenvalue weighted by Gasteiger charge is -2.31. The number of hydrogen-bond donors (Lipinski definition) is 1. The first kappa shape index (κ1) is 21.1. The second-order valence-electron chi connectivity index (χ2n) is 8.32. The summed E-state index contributed by atoms with van der Waals surface area (Å²) in [6.07, 6.45) is 7.45. The van der Waals surface area contributed by atoms with Gasteiger partial charge in [0.15, 0.2) is 11.4 Å². The summed E-state index contributed by atoms with van der Waals surface area (Å²) in [5, 5.41) is 5.51. The van der Waals surface area contributed by atoms with Crippen LogP contribution in [0.15, 0.2) is 53.3 Å². The average Bonchev–Trinajstić information content (AvgIpc) is 3.49. The van der Waals surface area contributed by atoms with Crippen molar-refractivity contribution in [1.82, 2.24) is 19.7 Å². The first-order valence-electron chi connectivity index (χ1n) is 11.2. The molecule has 0 radical (unpaired) electrons. The predicted molar refractivity (Wildman–Crippen MR) is 127 cm³/mol. The van der Waals surface area contributed by atoms with Crippen LogP contribution < -0.4 is 10.5 Å². The molecule has 1 fully saturated rings. The minimum atomic E-state index is 0.132. The summed E-state index contributed by atoms with van der Waals surface area (Å²) < 4.78 is 13.8. The van der Waals surface area contributed by atoms with Gasteiger partial charge in [-0.3, -0.25) is 9.48 Å². The van der Waals surface area contributed by atoms with Crippen molar-refractivity contribution in [3.63, 3.8) is 0 Å². The molecule has 5 rings (SSSR count). The summed E-state index contributed by atoms with van der Waals surface area (Å²) in [5.74, 6) is 1.98. The quantitative estimate of drug-likeness (QED) is 0.485. The van der Waals surface area contributed by atoms with Gasteiger partial charge in [0, 0.05) is 54.5 Å². The number of piperidine rings is 1. The summed E-state index contributed by atoms with van der Waals surface area (Å²) in [7, 11) is 0. The van der Waals surface area contributed by atoms with E-state index < -0.39 is 0 Å². The van der Waals surface area contributed by atoms with Crippen LogP contribution in [0.1, 0.15) is 32.7 Å². The van der Waals surface area contributed by atoms with Crippen molar-refractivity contribution in [2.45, 2.75) is 32.7 Å². The van der Waals surface area contributed by atoms with E-state index in [1.165, 1.54) is 0 Å². The Kier molecular flexibility index (Phi) is 5.50. The lowest BCUT2D eigenvalue weighted by Crippen LogP contribution is -2.37. The molecule has 1 aliphatic heterocycles. The number of carbonyl (C=O) groups is 1. The number of rotatable bonds is 5. The molecule has 8 heteroatoms. The van der Waals surface area contributed by atoms with Crippen molar-refractivity contribution in [3.8, 4) is 28.2 Å². The van der Waals surface area contributed by atoms with E-state index in [1.807, 2.05) is 59.2 Å². The highest BCUT2D eigenvalue weighted by Gasteiger charge is 2.23. The lowest BCUT2D eigenvalue weighted by atomic mass is 10.0. The Bertz CT molecular complexity index is 1300. The molecule has 4 aromatic rings. The number of fused-ring (bicyclic) bond motifs is 1. The molecule has 4 heterocycles. The molecule has 170 valence electrons. The second kappa shape index (κ2) is 8.61. The standard InChI is InChI=1S/C25H27N5O3/c1-3-32-20-6-4-5-17(11-20)23-12-21-22(14-27-25(26)24(21)33-23)18-13-28-30(15-18)19-7-9-29(10-8-19)16(2)31/h4-6,11-15,19H,3,7-10H2,1-2H3,(H2,26,27). The number of nitrogen functional groups attached to an aromatic ring is 1. The minimum absolute atomic E-state index is 0.132. The van der Waals surface area contributed by atoms with Crippen molar-refractivity contribution in [1.29, 1.82) is 0 Å². The van der Waals surface area contributed by atoms with Gasteiger partial charge in [0.25, 0.3) is 0 Å². The Labute approximate surface area is 192 Å². The largest absolute Gasteiger partial charge is 0.494 e. The number of likely N-dealkylation sites (tertiary alicyclic amines) is 1. The van der Waals surface area contributed by atoms with Crippen molar-refractivity contribution >= 4 is 22.7 Å². The number of ether oxygens (including phenoxy) is 1. The molecular weight excluding hydrogens is 418 g/mol. The van der Waals surface area contributed by atoms with Crippen LogP contribution in [0.5, 0.6) is 5.75 Å². The number of amides is 1. The van der Waals surface area contributed by atoms with Crippen LogP contribution in [0.25, 0.3) is 33.4 Å². The van der Waals surface area contributed by atoms with E-state index in [0.717, 1.165) is 53.8 Å². The molecule has 1 amide bonds. The smallest absolute Gasteiger partial charge is 0.219 e. The first-order chi connectivity index (χ1) is 16.0. The monoisotopic (exact) mass is 445 g/mol. The molecule has 0 atom stereocenters. The topological polar surface area (TPSA) is 99.4 Å². The number of nitrogens with zero attached hydrogens (tertiary/aromatic N) is 4. The van der Waals surface area contributed by atoms with Crippen LogP contribution in [0.2, 0.25) is 0 Å². The SMILES string of the molecule is CCOc1cccc(-c2cc3c(-c4cnn(C5CCN(C(C)=O)CC5)c4)cnc(N)c3o2)c1. The normalized spacial score (nSPS) is 14.7. The number of pyridine rings is 1. The highest BCUT2D eigenvalue weighted by Crippen LogP contribution is 2.37. The number of furan rings is 1. The Morgan fingerprint density at radius 3 is 2.79 bits per heavy atom. The number of benzene rings is 1. The number of nitrogens with two attached hydrogens (primary N) is 1. The van der Waals surface area contributed by atoms with Gasteiger partial charge in [0.2, 0.25) is 5.91 Å². The molecule has 0 bridgehead atoms. The number of anilines is 1. The molecule has 0 unspecified atom stereocenters. The number of aromatic nitrogens is 3. The summed E-state index contributed by atoms with van der Waals surface area (Å²) >= 11 is 0. The molecule has 33 heavy (non-hydrogen) atoms. The number of hydrogen-bond acceptors (Lipinski definition) is 6. The van der Waals surface area contributed by atoms with E-state index in [0.29, 0.717) is 23.8 Å². The van der Waals surface area contributed by atoms with E-state index in [9.17, 15) is 4.79 Å². The highest BCUT2D eigenvalue weighted by atomic mass is 16.5. The Balaban J connectivity index is 1.47. The first-order valence-corrected chi connectivity index (χ1v) is 11.2. The van der Waals surface area contributed by atoms with Crippen molar-refractivity contribution in [2.75, 3.05) is 25.4 Å². The number of carbonyl (C=O) groups excluding carboxylic acids is 1. The fourth-order valence-corrected chi connectivity index (χ4v) is 4.44. The molecule has 1 saturated heterocycles. The minimum Gasteiger partial charge on any atom is -0.494 e. The van der Waals surface area contributed by atoms with Crippen LogP contribution in [0.4, 0.5) is 5.82 Å². The summed E-state index contributed by atoms with van der Waals surface area (Å²) in [5.41, 5.74) is 9.50. The van der Waals surface area contributed by atoms with Gasteiger partial charge in [-0.25, -0.2) is 4.98 Å². The maximum Gasteiger partial charge on any atom is 0.219 e. The van der Waals surface area contributed by atoms with E-state index in [-0.39, 0.29) is 11.9 Å². The summed E-state index contributed by atoms with van der Waals surface area (Å²) in [6.45, 7) is 5.70. The maximum absolute atomic E-state index is 11.6. The molecule has 3 aromatic heterocycles. The Hall–Kier alpha value is -3.81. The average molecular weight is 446 g/mol. The summed E-state index contributed by atoms with van der Waals surface area (Å²) in [6, 6.07) is 10.1. The van der Waals surface area contributed by atoms with Crippen LogP contribution >= 0.6 is 0 Å². The van der Waals surface area contributed by atoms with Gasteiger partial charge in [0.1, 0.15) is 11.5 Å². The second-order valence-corrected chi connectivity index (χ2v) is 8.32. The molecule has 0 aliphatic carbocycles. The molecule has 8 nitrogen and oxygen atoms in total. The molecule has 1 aliphatic rings. The summed E-state index contributed by atoms with van der Waals surface area (Å²) in [4.78, 5) is 17.9. The van der Waals surface area contributed by atoms with Crippen LogP contribution in [0, 0.1) is 0 Å². The predicted octanol–water partition coefficient (Wildman–Crippen LogP) is 4.52. The third-order valence-corrected chi connectivity index (χ3v) is 6.21. The van der Waals surface area contributed by atoms with Crippen LogP contribution in [-0.2, 0) is 4.79 Å². The molecule has 2 N–H and O–H groups in total. The Morgan fingerprint density at radius 2 is 2.03 bits per heavy atom. The van der Waals surface area contributed by atoms with Crippen molar-refractivity contribution < 1.29 is 13.9 Å².